The van der Waals surface area contributed by atoms with Gasteiger partial charge in [-0.3, -0.25) is 4.79 Å². The molecule has 0 rings (SSSR count). The minimum atomic E-state index is -0.0955. The maximum atomic E-state index is 11.1. The van der Waals surface area contributed by atoms with Gasteiger partial charge in [0.15, 0.2) is 0 Å². The zero-order chi connectivity index (χ0) is 10.1. The molecule has 0 aliphatic rings. The monoisotopic (exact) mass is 187 g/mol. The lowest BCUT2D eigenvalue weighted by Crippen LogP contribution is -2.21. The highest BCUT2D eigenvalue weighted by molar-refractivity contribution is 5.69. The quantitative estimate of drug-likeness (QED) is 0.487. The summed E-state index contributed by atoms with van der Waals surface area (Å²) >= 11 is 0. The molecule has 1 N–H and O–H groups in total. The fourth-order valence-corrected chi connectivity index (χ4v) is 1.12. The minimum Gasteiger partial charge on any atom is -0.463 e. The largest absolute Gasteiger partial charge is 0.463 e. The summed E-state index contributed by atoms with van der Waals surface area (Å²) in [6.45, 7) is 7.66. The summed E-state index contributed by atoms with van der Waals surface area (Å²) in [6, 6.07) is 0. The summed E-state index contributed by atoms with van der Waals surface area (Å²) in [5.41, 5.74) is 0. The van der Waals surface area contributed by atoms with Gasteiger partial charge in [-0.05, 0) is 19.9 Å². The molecule has 78 valence electrons. The predicted octanol–water partition coefficient (Wildman–Crippen LogP) is 1.72. The normalized spacial score (nSPS) is 12.5. The second-order valence-electron chi connectivity index (χ2n) is 3.19. The number of hydrogen-bond acceptors (Lipinski definition) is 3. The molecule has 0 saturated carbocycles. The van der Waals surface area contributed by atoms with Crippen molar-refractivity contribution in [3.05, 3.63) is 0 Å². The smallest absolute Gasteiger partial charge is 0.307 e. The average molecular weight is 187 g/mol. The Labute approximate surface area is 80.8 Å². The summed E-state index contributed by atoms with van der Waals surface area (Å²) < 4.78 is 5.16. The van der Waals surface area contributed by atoms with Gasteiger partial charge in [0.05, 0.1) is 12.5 Å². The van der Waals surface area contributed by atoms with E-state index in [0.29, 0.717) is 13.0 Å². The molecule has 0 aliphatic heterocycles. The van der Waals surface area contributed by atoms with Gasteiger partial charge in [0.2, 0.25) is 0 Å². The van der Waals surface area contributed by atoms with Crippen molar-refractivity contribution in [3.63, 3.8) is 0 Å². The molecule has 0 aromatic rings. The molecule has 0 aromatic carbocycles. The number of carbonyl (C=O) groups excluding carboxylic acids is 1. The topological polar surface area (TPSA) is 38.3 Å². The third-order valence-electron chi connectivity index (χ3n) is 1.78. The zero-order valence-corrected chi connectivity index (χ0v) is 8.93. The molecular formula is C10H21NO2. The fourth-order valence-electron chi connectivity index (χ4n) is 1.12. The standard InChI is InChI=1S/C10H21NO2/c1-4-6-9(3)13-10(12)7-8-11-5-2/h9,11H,4-8H2,1-3H3. The Bertz CT molecular complexity index is 137. The highest BCUT2D eigenvalue weighted by Gasteiger charge is 2.07. The Morgan fingerprint density at radius 1 is 1.46 bits per heavy atom. The molecule has 1 atom stereocenters. The number of hydrogen-bond donors (Lipinski definition) is 1. The van der Waals surface area contributed by atoms with Crippen LogP contribution in [0.5, 0.6) is 0 Å². The molecule has 0 aromatic heterocycles. The molecule has 0 amide bonds. The second kappa shape index (κ2) is 8.05. The molecular weight excluding hydrogens is 166 g/mol. The molecule has 3 heteroatoms. The van der Waals surface area contributed by atoms with Crippen molar-refractivity contribution in [2.24, 2.45) is 0 Å². The van der Waals surface area contributed by atoms with Crippen molar-refractivity contribution in [3.8, 4) is 0 Å². The van der Waals surface area contributed by atoms with Crippen LogP contribution in [0.3, 0.4) is 0 Å². The van der Waals surface area contributed by atoms with Crippen LogP contribution in [-0.4, -0.2) is 25.2 Å². The van der Waals surface area contributed by atoms with Crippen LogP contribution in [0.2, 0.25) is 0 Å². The summed E-state index contributed by atoms with van der Waals surface area (Å²) in [5.74, 6) is -0.0955. The molecule has 0 bridgehead atoms. The van der Waals surface area contributed by atoms with Gasteiger partial charge in [0, 0.05) is 6.54 Å². The molecule has 0 saturated heterocycles. The third kappa shape index (κ3) is 7.78. The molecule has 3 nitrogen and oxygen atoms in total. The van der Waals surface area contributed by atoms with E-state index in [1.807, 2.05) is 13.8 Å². The average Bonchev–Trinajstić information content (AvgIpc) is 2.05. The van der Waals surface area contributed by atoms with Crippen LogP contribution in [0.15, 0.2) is 0 Å². The van der Waals surface area contributed by atoms with Gasteiger partial charge in [-0.2, -0.15) is 0 Å². The lowest BCUT2D eigenvalue weighted by Gasteiger charge is -2.11. The van der Waals surface area contributed by atoms with E-state index in [2.05, 4.69) is 12.2 Å². The first-order valence-corrected chi connectivity index (χ1v) is 5.10. The van der Waals surface area contributed by atoms with Crippen molar-refractivity contribution in [2.75, 3.05) is 13.1 Å². The van der Waals surface area contributed by atoms with E-state index < -0.39 is 0 Å². The molecule has 0 spiro atoms. The molecule has 13 heavy (non-hydrogen) atoms. The Kier molecular flexibility index (Phi) is 7.69. The van der Waals surface area contributed by atoms with E-state index in [9.17, 15) is 4.79 Å². The van der Waals surface area contributed by atoms with Gasteiger partial charge in [-0.15, -0.1) is 0 Å². The van der Waals surface area contributed by atoms with E-state index >= 15 is 0 Å². The molecule has 0 aliphatic carbocycles. The first-order valence-electron chi connectivity index (χ1n) is 5.10. The van der Waals surface area contributed by atoms with Crippen molar-refractivity contribution < 1.29 is 9.53 Å². The van der Waals surface area contributed by atoms with Gasteiger partial charge in [0.1, 0.15) is 0 Å². The van der Waals surface area contributed by atoms with Gasteiger partial charge >= 0.3 is 5.97 Å². The highest BCUT2D eigenvalue weighted by atomic mass is 16.5. The predicted molar refractivity (Wildman–Crippen MR) is 53.6 cm³/mol. The Morgan fingerprint density at radius 2 is 2.15 bits per heavy atom. The van der Waals surface area contributed by atoms with Crippen LogP contribution in [0.25, 0.3) is 0 Å². The Hall–Kier alpha value is -0.570. The summed E-state index contributed by atoms with van der Waals surface area (Å²) in [6.07, 6.45) is 2.55. The van der Waals surface area contributed by atoms with Crippen LogP contribution >= 0.6 is 0 Å². The molecule has 0 radical (unpaired) electrons. The maximum Gasteiger partial charge on any atom is 0.307 e. The summed E-state index contributed by atoms with van der Waals surface area (Å²) in [5, 5.41) is 3.08. The van der Waals surface area contributed by atoms with E-state index in [0.717, 1.165) is 19.4 Å². The molecule has 0 fully saturated rings. The second-order valence-corrected chi connectivity index (χ2v) is 3.19. The van der Waals surface area contributed by atoms with E-state index in [1.165, 1.54) is 0 Å². The number of esters is 1. The fraction of sp³-hybridized carbons (Fsp3) is 0.900. The van der Waals surface area contributed by atoms with E-state index in [4.69, 9.17) is 4.74 Å². The van der Waals surface area contributed by atoms with Crippen LogP contribution in [0, 0.1) is 0 Å². The number of ether oxygens (including phenoxy) is 1. The van der Waals surface area contributed by atoms with Crippen LogP contribution in [0.1, 0.15) is 40.0 Å². The Morgan fingerprint density at radius 3 is 2.69 bits per heavy atom. The highest BCUT2D eigenvalue weighted by Crippen LogP contribution is 2.01. The van der Waals surface area contributed by atoms with E-state index in [1.54, 1.807) is 0 Å². The van der Waals surface area contributed by atoms with Crippen molar-refractivity contribution >= 4 is 5.97 Å². The number of carbonyl (C=O) groups is 1. The zero-order valence-electron chi connectivity index (χ0n) is 8.93. The maximum absolute atomic E-state index is 11.1. The molecule has 0 heterocycles. The van der Waals surface area contributed by atoms with Crippen molar-refractivity contribution in [2.45, 2.75) is 46.1 Å². The van der Waals surface area contributed by atoms with Crippen molar-refractivity contribution in [1.82, 2.24) is 5.32 Å². The first kappa shape index (κ1) is 12.4. The van der Waals surface area contributed by atoms with Gasteiger partial charge in [-0.1, -0.05) is 20.3 Å². The van der Waals surface area contributed by atoms with E-state index in [-0.39, 0.29) is 12.1 Å². The minimum absolute atomic E-state index is 0.0686. The van der Waals surface area contributed by atoms with Crippen LogP contribution < -0.4 is 5.32 Å². The lowest BCUT2D eigenvalue weighted by atomic mass is 10.2. The number of nitrogens with one attached hydrogen (secondary N) is 1. The molecule has 1 unspecified atom stereocenters. The van der Waals surface area contributed by atoms with Gasteiger partial charge in [0.25, 0.3) is 0 Å². The summed E-state index contributed by atoms with van der Waals surface area (Å²) in [4.78, 5) is 11.1. The SMILES string of the molecule is CCCC(C)OC(=O)CCNCC. The third-order valence-corrected chi connectivity index (χ3v) is 1.78. The summed E-state index contributed by atoms with van der Waals surface area (Å²) in [7, 11) is 0. The first-order chi connectivity index (χ1) is 6.20. The van der Waals surface area contributed by atoms with Crippen LogP contribution in [0.4, 0.5) is 0 Å². The number of rotatable bonds is 7. The van der Waals surface area contributed by atoms with Crippen LogP contribution in [-0.2, 0) is 9.53 Å². The van der Waals surface area contributed by atoms with Gasteiger partial charge < -0.3 is 10.1 Å². The van der Waals surface area contributed by atoms with Gasteiger partial charge in [-0.25, -0.2) is 0 Å². The van der Waals surface area contributed by atoms with Crippen molar-refractivity contribution in [1.29, 1.82) is 0 Å². The Balaban J connectivity index is 3.38. The lowest BCUT2D eigenvalue weighted by molar-refractivity contribution is -0.148.